The molecule has 1 N–H and O–H groups in total. The summed E-state index contributed by atoms with van der Waals surface area (Å²) in [5, 5.41) is 0. The molecule has 0 radical (unpaired) electrons. The average Bonchev–Trinajstić information content (AvgIpc) is 3.15. The summed E-state index contributed by atoms with van der Waals surface area (Å²) in [6.07, 6.45) is 41.3. The van der Waals surface area contributed by atoms with E-state index in [-0.39, 0.29) is 38.3 Å². The molecular weight excluding hydrogens is 741 g/mol. The molecule has 0 fully saturated rings. The van der Waals surface area contributed by atoms with Gasteiger partial charge in [-0.05, 0) is 70.3 Å². The fraction of sp³-hybridized carbons (Fsp3) is 0.717. The highest BCUT2D eigenvalue weighted by molar-refractivity contribution is 7.47. The second kappa shape index (κ2) is 37.6. The Morgan fingerprint density at radius 1 is 0.596 bits per heavy atom. The number of carbonyl (C=O) groups excluding carboxylic acids is 3. The van der Waals surface area contributed by atoms with Crippen LogP contribution in [0.25, 0.3) is 0 Å². The minimum atomic E-state index is -4.43. The molecular formula is C46H81NO9P+. The van der Waals surface area contributed by atoms with Crippen molar-refractivity contribution in [2.45, 2.75) is 168 Å². The van der Waals surface area contributed by atoms with Crippen LogP contribution in [0.2, 0.25) is 0 Å². The van der Waals surface area contributed by atoms with Gasteiger partial charge in [0.15, 0.2) is 11.9 Å². The van der Waals surface area contributed by atoms with Gasteiger partial charge in [0.1, 0.15) is 19.8 Å². The van der Waals surface area contributed by atoms with E-state index in [2.05, 4.69) is 50.3 Å². The maximum atomic E-state index is 12.7. The lowest BCUT2D eigenvalue weighted by atomic mass is 10.1. The van der Waals surface area contributed by atoms with E-state index in [4.69, 9.17) is 18.5 Å². The van der Waals surface area contributed by atoms with Crippen LogP contribution in [0.5, 0.6) is 0 Å². The third-order valence-corrected chi connectivity index (χ3v) is 9.98. The number of hydrogen-bond acceptors (Lipinski definition) is 8. The van der Waals surface area contributed by atoms with Crippen molar-refractivity contribution in [3.8, 4) is 0 Å². The van der Waals surface area contributed by atoms with Crippen LogP contribution >= 0.6 is 7.82 Å². The molecule has 0 aromatic rings. The molecule has 0 aromatic heterocycles. The lowest BCUT2D eigenvalue weighted by molar-refractivity contribution is -0.870. The number of carbonyl (C=O) groups is 3. The van der Waals surface area contributed by atoms with E-state index in [9.17, 15) is 23.8 Å². The summed E-state index contributed by atoms with van der Waals surface area (Å²) in [7, 11) is 1.34. The van der Waals surface area contributed by atoms with Gasteiger partial charge in [-0.2, -0.15) is 0 Å². The number of esters is 2. The topological polar surface area (TPSA) is 125 Å². The maximum absolute atomic E-state index is 12.7. The predicted octanol–water partition coefficient (Wildman–Crippen LogP) is 11.6. The van der Waals surface area contributed by atoms with E-state index in [1.165, 1.54) is 76.7 Å². The van der Waals surface area contributed by atoms with Gasteiger partial charge in [0.2, 0.25) is 0 Å². The molecule has 0 bridgehead atoms. The van der Waals surface area contributed by atoms with Crippen LogP contribution in [0.4, 0.5) is 0 Å². The van der Waals surface area contributed by atoms with Gasteiger partial charge >= 0.3 is 19.8 Å². The van der Waals surface area contributed by atoms with Gasteiger partial charge in [-0.25, -0.2) is 4.57 Å². The minimum Gasteiger partial charge on any atom is -0.462 e. The molecule has 0 aromatic carbocycles. The molecule has 0 rings (SSSR count). The van der Waals surface area contributed by atoms with Crippen molar-refractivity contribution < 1.29 is 46.8 Å². The summed E-state index contributed by atoms with van der Waals surface area (Å²) < 4.78 is 34.0. The number of nitrogens with zero attached hydrogens (tertiary/aromatic N) is 1. The monoisotopic (exact) mass is 823 g/mol. The van der Waals surface area contributed by atoms with Crippen molar-refractivity contribution in [3.05, 3.63) is 60.8 Å². The third-order valence-electron chi connectivity index (χ3n) is 9.00. The van der Waals surface area contributed by atoms with Gasteiger partial charge in [0, 0.05) is 19.3 Å². The lowest BCUT2D eigenvalue weighted by Gasteiger charge is -2.24. The number of ketones is 1. The van der Waals surface area contributed by atoms with Crippen LogP contribution in [0.3, 0.4) is 0 Å². The molecule has 0 aliphatic carbocycles. The van der Waals surface area contributed by atoms with Crippen LogP contribution in [-0.2, 0) is 37.5 Å². The summed E-state index contributed by atoms with van der Waals surface area (Å²) >= 11 is 0. The SMILES string of the molecule is CCCCC/C=C\C/C=C\C/C=C\C=C\C(=O)CCCC(=O)OC[C@H](COP(=O)(O)OCC[N+](C)(C)C)OC(=O)CCCCCCCCC/C=C\CCCCCC. The highest BCUT2D eigenvalue weighted by atomic mass is 31.2. The van der Waals surface area contributed by atoms with Crippen molar-refractivity contribution in [2.75, 3.05) is 47.5 Å². The molecule has 0 spiro atoms. The van der Waals surface area contributed by atoms with Crippen molar-refractivity contribution >= 4 is 25.5 Å². The van der Waals surface area contributed by atoms with Crippen molar-refractivity contribution in [2.24, 2.45) is 0 Å². The van der Waals surface area contributed by atoms with Crippen LogP contribution in [-0.4, -0.2) is 80.7 Å². The zero-order chi connectivity index (χ0) is 42.3. The third kappa shape index (κ3) is 41.3. The van der Waals surface area contributed by atoms with Gasteiger partial charge in [-0.1, -0.05) is 133 Å². The Labute approximate surface area is 347 Å². The Hall–Kier alpha value is -2.62. The van der Waals surface area contributed by atoms with Gasteiger partial charge in [-0.15, -0.1) is 0 Å². The Balaban J connectivity index is 4.57. The number of likely N-dealkylation sites (N-methyl/N-ethyl adjacent to an activating group) is 1. The molecule has 10 nitrogen and oxygen atoms in total. The largest absolute Gasteiger partial charge is 0.472 e. The zero-order valence-corrected chi connectivity index (χ0v) is 37.4. The number of allylic oxidation sites excluding steroid dienone is 10. The number of quaternary nitrogens is 1. The summed E-state index contributed by atoms with van der Waals surface area (Å²) in [4.78, 5) is 47.6. The fourth-order valence-corrected chi connectivity index (χ4v) is 6.23. The smallest absolute Gasteiger partial charge is 0.462 e. The number of rotatable bonds is 39. The van der Waals surface area contributed by atoms with Crippen LogP contribution in [0.15, 0.2) is 60.8 Å². The molecule has 57 heavy (non-hydrogen) atoms. The number of hydrogen-bond donors (Lipinski definition) is 1. The van der Waals surface area contributed by atoms with Crippen LogP contribution < -0.4 is 0 Å². The van der Waals surface area contributed by atoms with E-state index < -0.39 is 32.5 Å². The van der Waals surface area contributed by atoms with Gasteiger partial charge in [-0.3, -0.25) is 23.4 Å². The minimum absolute atomic E-state index is 0.00271. The first kappa shape index (κ1) is 54.4. The molecule has 2 atom stereocenters. The first-order chi connectivity index (χ1) is 27.4. The summed E-state index contributed by atoms with van der Waals surface area (Å²) in [6, 6.07) is 0. The quantitative estimate of drug-likeness (QED) is 0.0123. The Bertz CT molecular complexity index is 1220. The van der Waals surface area contributed by atoms with E-state index in [1.54, 1.807) is 6.08 Å². The van der Waals surface area contributed by atoms with Crippen molar-refractivity contribution in [1.29, 1.82) is 0 Å². The Morgan fingerprint density at radius 2 is 1.12 bits per heavy atom. The first-order valence-electron chi connectivity index (χ1n) is 22.0. The van der Waals surface area contributed by atoms with Gasteiger partial charge in [0.05, 0.1) is 27.7 Å². The second-order valence-electron chi connectivity index (χ2n) is 15.8. The number of ether oxygens (including phenoxy) is 2. The Kier molecular flexibility index (Phi) is 35.9. The highest BCUT2D eigenvalue weighted by Gasteiger charge is 2.27. The number of phosphoric acid groups is 1. The average molecular weight is 823 g/mol. The highest BCUT2D eigenvalue weighted by Crippen LogP contribution is 2.43. The van der Waals surface area contributed by atoms with E-state index >= 15 is 0 Å². The Morgan fingerprint density at radius 3 is 1.77 bits per heavy atom. The molecule has 1 unspecified atom stereocenters. The summed E-state index contributed by atoms with van der Waals surface area (Å²) in [5.41, 5.74) is 0. The standard InChI is InChI=1S/C46H80NO9P/c1-6-8-10-12-14-16-18-20-21-23-25-27-29-31-33-37-46(50)56-44(42-55-57(51,52)54-40-39-47(3,4)5)41-53-45(49)38-34-36-43(48)35-32-30-28-26-24-22-19-17-15-13-11-9-7-2/h15-18,22,24,28,30,32,35,44H,6-14,19-21,23,25-27,29,31,33-34,36-42H2,1-5H3/p+1/b17-15-,18-16-,24-22-,30-28-,35-32+/t44-/m1/s1. The van der Waals surface area contributed by atoms with E-state index in [0.717, 1.165) is 44.9 Å². The fourth-order valence-electron chi connectivity index (χ4n) is 5.49. The molecule has 0 aliphatic heterocycles. The van der Waals surface area contributed by atoms with Gasteiger partial charge in [0.25, 0.3) is 0 Å². The zero-order valence-electron chi connectivity index (χ0n) is 36.6. The number of phosphoric ester groups is 1. The molecule has 0 heterocycles. The first-order valence-corrected chi connectivity index (χ1v) is 23.5. The molecule has 328 valence electrons. The number of unbranched alkanes of at least 4 members (excludes halogenated alkanes) is 14. The van der Waals surface area contributed by atoms with E-state index in [1.807, 2.05) is 33.3 Å². The van der Waals surface area contributed by atoms with E-state index in [0.29, 0.717) is 23.9 Å². The van der Waals surface area contributed by atoms with Crippen molar-refractivity contribution in [3.63, 3.8) is 0 Å². The van der Waals surface area contributed by atoms with Crippen LogP contribution in [0.1, 0.15) is 162 Å². The van der Waals surface area contributed by atoms with Crippen LogP contribution in [0, 0.1) is 0 Å². The predicted molar refractivity (Wildman–Crippen MR) is 234 cm³/mol. The summed E-state index contributed by atoms with van der Waals surface area (Å²) in [5.74, 6) is -1.16. The van der Waals surface area contributed by atoms with Crippen molar-refractivity contribution in [1.82, 2.24) is 0 Å². The molecule has 0 saturated heterocycles. The molecule has 0 aliphatic rings. The summed E-state index contributed by atoms with van der Waals surface area (Å²) in [6.45, 7) is 4.08. The normalized spacial score (nSPS) is 14.1. The lowest BCUT2D eigenvalue weighted by Crippen LogP contribution is -2.37. The van der Waals surface area contributed by atoms with Gasteiger partial charge < -0.3 is 18.9 Å². The maximum Gasteiger partial charge on any atom is 0.472 e. The molecule has 0 saturated carbocycles. The molecule has 0 amide bonds. The second-order valence-corrected chi connectivity index (χ2v) is 17.2. The molecule has 11 heteroatoms.